The van der Waals surface area contributed by atoms with E-state index in [0.717, 1.165) is 6.54 Å². The highest BCUT2D eigenvalue weighted by molar-refractivity contribution is 4.77. The molecule has 0 spiro atoms. The van der Waals surface area contributed by atoms with E-state index in [-0.39, 0.29) is 0 Å². The minimum absolute atomic E-state index is 0.633. The molecule has 0 saturated carbocycles. The van der Waals surface area contributed by atoms with E-state index in [0.29, 0.717) is 12.5 Å². The predicted molar refractivity (Wildman–Crippen MR) is 58.0 cm³/mol. The van der Waals surface area contributed by atoms with Crippen molar-refractivity contribution < 1.29 is 0 Å². The molecule has 0 aliphatic carbocycles. The summed E-state index contributed by atoms with van der Waals surface area (Å²) in [6.45, 7) is 6.70. The van der Waals surface area contributed by atoms with Crippen molar-refractivity contribution in [2.24, 2.45) is 0 Å². The molecule has 1 N–H and O–H groups in total. The molecule has 1 fully saturated rings. The van der Waals surface area contributed by atoms with Crippen LogP contribution < -0.4 is 5.32 Å². The van der Waals surface area contributed by atoms with E-state index in [4.69, 9.17) is 5.26 Å². The number of nitriles is 1. The molecule has 1 unspecified atom stereocenters. The molecule has 1 heterocycles. The monoisotopic (exact) mass is 195 g/mol. The normalized spacial score (nSPS) is 24.1. The van der Waals surface area contributed by atoms with Gasteiger partial charge in [0.15, 0.2) is 0 Å². The van der Waals surface area contributed by atoms with Crippen LogP contribution in [0.25, 0.3) is 0 Å². The number of nitrogens with one attached hydrogen (secondary N) is 1. The third kappa shape index (κ3) is 4.08. The Morgan fingerprint density at radius 2 is 2.29 bits per heavy atom. The average molecular weight is 195 g/mol. The summed E-state index contributed by atoms with van der Waals surface area (Å²) in [5.74, 6) is 0. The number of hydrogen-bond donors (Lipinski definition) is 1. The van der Waals surface area contributed by atoms with Gasteiger partial charge in [-0.05, 0) is 38.9 Å². The van der Waals surface area contributed by atoms with Gasteiger partial charge in [0.05, 0.1) is 6.07 Å². The summed E-state index contributed by atoms with van der Waals surface area (Å²) in [6, 6.07) is 2.81. The Labute approximate surface area is 87.1 Å². The van der Waals surface area contributed by atoms with Crippen LogP contribution in [-0.4, -0.2) is 37.1 Å². The van der Waals surface area contributed by atoms with Crippen LogP contribution in [0, 0.1) is 11.3 Å². The standard InChI is InChI=1S/C11H21N3/c1-2-14-9-3-5-11(6-10-14)13-8-4-7-12/h11,13H,2-6,8-10H2,1H3. The second-order valence-corrected chi connectivity index (χ2v) is 3.92. The maximum atomic E-state index is 8.43. The molecule has 1 aliphatic heterocycles. The quantitative estimate of drug-likeness (QED) is 0.689. The first-order valence-electron chi connectivity index (χ1n) is 5.69. The van der Waals surface area contributed by atoms with Crippen molar-refractivity contribution in [2.75, 3.05) is 26.2 Å². The molecule has 3 nitrogen and oxygen atoms in total. The largest absolute Gasteiger partial charge is 0.313 e. The van der Waals surface area contributed by atoms with Gasteiger partial charge in [-0.1, -0.05) is 6.92 Å². The van der Waals surface area contributed by atoms with Crippen molar-refractivity contribution in [3.8, 4) is 6.07 Å². The van der Waals surface area contributed by atoms with Crippen LogP contribution in [0.5, 0.6) is 0 Å². The van der Waals surface area contributed by atoms with Crippen LogP contribution in [0.4, 0.5) is 0 Å². The highest BCUT2D eigenvalue weighted by Gasteiger charge is 2.14. The molecule has 1 aliphatic rings. The molecule has 14 heavy (non-hydrogen) atoms. The van der Waals surface area contributed by atoms with Crippen LogP contribution in [0.1, 0.15) is 32.6 Å². The molecular weight excluding hydrogens is 174 g/mol. The molecule has 1 rings (SSSR count). The van der Waals surface area contributed by atoms with E-state index in [9.17, 15) is 0 Å². The molecule has 0 aromatic heterocycles. The first-order chi connectivity index (χ1) is 6.86. The van der Waals surface area contributed by atoms with E-state index in [2.05, 4.69) is 23.2 Å². The first kappa shape index (κ1) is 11.5. The molecule has 80 valence electrons. The summed E-state index contributed by atoms with van der Waals surface area (Å²) in [5.41, 5.74) is 0. The molecule has 0 radical (unpaired) electrons. The zero-order chi connectivity index (χ0) is 10.2. The van der Waals surface area contributed by atoms with E-state index in [1.54, 1.807) is 0 Å². The van der Waals surface area contributed by atoms with Crippen molar-refractivity contribution in [3.05, 3.63) is 0 Å². The van der Waals surface area contributed by atoms with Crippen molar-refractivity contribution in [3.63, 3.8) is 0 Å². The van der Waals surface area contributed by atoms with Crippen molar-refractivity contribution in [1.82, 2.24) is 10.2 Å². The Morgan fingerprint density at radius 3 is 3.00 bits per heavy atom. The third-order valence-corrected chi connectivity index (χ3v) is 2.94. The van der Waals surface area contributed by atoms with Gasteiger partial charge in [0.2, 0.25) is 0 Å². The lowest BCUT2D eigenvalue weighted by atomic mass is 10.1. The fourth-order valence-electron chi connectivity index (χ4n) is 2.01. The Kier molecular flexibility index (Phi) is 5.58. The molecule has 1 atom stereocenters. The van der Waals surface area contributed by atoms with Crippen LogP contribution in [0.15, 0.2) is 0 Å². The van der Waals surface area contributed by atoms with Crippen molar-refractivity contribution >= 4 is 0 Å². The van der Waals surface area contributed by atoms with Gasteiger partial charge in [0, 0.05) is 19.0 Å². The third-order valence-electron chi connectivity index (χ3n) is 2.94. The molecule has 0 aromatic carbocycles. The number of nitrogens with zero attached hydrogens (tertiary/aromatic N) is 2. The van der Waals surface area contributed by atoms with Crippen molar-refractivity contribution in [1.29, 1.82) is 5.26 Å². The molecule has 0 amide bonds. The van der Waals surface area contributed by atoms with Crippen LogP contribution in [-0.2, 0) is 0 Å². The number of rotatable bonds is 4. The summed E-state index contributed by atoms with van der Waals surface area (Å²) >= 11 is 0. The minimum Gasteiger partial charge on any atom is -0.313 e. The van der Waals surface area contributed by atoms with E-state index >= 15 is 0 Å². The lowest BCUT2D eigenvalue weighted by molar-refractivity contribution is 0.297. The highest BCUT2D eigenvalue weighted by Crippen LogP contribution is 2.10. The Morgan fingerprint density at radius 1 is 1.43 bits per heavy atom. The molecule has 0 bridgehead atoms. The number of hydrogen-bond acceptors (Lipinski definition) is 3. The van der Waals surface area contributed by atoms with E-state index < -0.39 is 0 Å². The maximum absolute atomic E-state index is 8.43. The summed E-state index contributed by atoms with van der Waals surface area (Å²) in [7, 11) is 0. The SMILES string of the molecule is CCN1CCCC(NCCC#N)CC1. The number of likely N-dealkylation sites (tertiary alicyclic amines) is 1. The molecule has 0 aromatic rings. The first-order valence-corrected chi connectivity index (χ1v) is 5.69. The van der Waals surface area contributed by atoms with Gasteiger partial charge in [0.1, 0.15) is 0 Å². The van der Waals surface area contributed by atoms with Gasteiger partial charge in [-0.15, -0.1) is 0 Å². The second-order valence-electron chi connectivity index (χ2n) is 3.92. The van der Waals surface area contributed by atoms with Crippen LogP contribution >= 0.6 is 0 Å². The summed E-state index contributed by atoms with van der Waals surface area (Å²) in [6.07, 6.45) is 4.42. The Bertz CT molecular complexity index is 185. The van der Waals surface area contributed by atoms with Crippen LogP contribution in [0.3, 0.4) is 0 Å². The summed E-state index contributed by atoms with van der Waals surface area (Å²) in [5, 5.41) is 11.9. The summed E-state index contributed by atoms with van der Waals surface area (Å²) < 4.78 is 0. The molecule has 1 saturated heterocycles. The zero-order valence-electron chi connectivity index (χ0n) is 9.13. The zero-order valence-corrected chi connectivity index (χ0v) is 9.13. The topological polar surface area (TPSA) is 39.1 Å². The Balaban J connectivity index is 2.18. The summed E-state index contributed by atoms with van der Waals surface area (Å²) in [4.78, 5) is 2.51. The molecule has 3 heteroatoms. The van der Waals surface area contributed by atoms with Gasteiger partial charge in [0.25, 0.3) is 0 Å². The second kappa shape index (κ2) is 6.80. The van der Waals surface area contributed by atoms with Gasteiger partial charge >= 0.3 is 0 Å². The minimum atomic E-state index is 0.633. The average Bonchev–Trinajstić information content (AvgIpc) is 2.43. The van der Waals surface area contributed by atoms with Gasteiger partial charge in [-0.2, -0.15) is 5.26 Å². The van der Waals surface area contributed by atoms with Crippen molar-refractivity contribution in [2.45, 2.75) is 38.6 Å². The maximum Gasteiger partial charge on any atom is 0.0635 e. The van der Waals surface area contributed by atoms with E-state index in [1.807, 2.05) is 0 Å². The fraction of sp³-hybridized carbons (Fsp3) is 0.909. The highest BCUT2D eigenvalue weighted by atomic mass is 15.1. The van der Waals surface area contributed by atoms with Crippen LogP contribution in [0.2, 0.25) is 0 Å². The van der Waals surface area contributed by atoms with Gasteiger partial charge in [-0.3, -0.25) is 0 Å². The lowest BCUT2D eigenvalue weighted by Crippen LogP contribution is -2.31. The Hall–Kier alpha value is -0.590. The van der Waals surface area contributed by atoms with E-state index in [1.165, 1.54) is 38.9 Å². The molecular formula is C11H21N3. The fourth-order valence-corrected chi connectivity index (χ4v) is 2.01. The predicted octanol–water partition coefficient (Wildman–Crippen LogP) is 1.36. The lowest BCUT2D eigenvalue weighted by Gasteiger charge is -2.17. The van der Waals surface area contributed by atoms with Gasteiger partial charge in [-0.25, -0.2) is 0 Å². The smallest absolute Gasteiger partial charge is 0.0635 e. The van der Waals surface area contributed by atoms with Gasteiger partial charge < -0.3 is 10.2 Å².